The molecule has 0 unspecified atom stereocenters. The summed E-state index contributed by atoms with van der Waals surface area (Å²) >= 11 is 0. The van der Waals surface area contributed by atoms with E-state index in [9.17, 15) is 5.11 Å². The van der Waals surface area contributed by atoms with Crippen molar-refractivity contribution in [1.29, 1.82) is 0 Å². The molecule has 0 aromatic heterocycles. The predicted molar refractivity (Wildman–Crippen MR) is 142 cm³/mol. The van der Waals surface area contributed by atoms with Gasteiger partial charge in [-0.1, -0.05) is 48.5 Å². The number of hydrogen-bond donors (Lipinski definition) is 1. The molecule has 0 saturated heterocycles. The average Bonchev–Trinajstić information content (AvgIpc) is 2.82. The molecule has 4 heteroatoms. The lowest BCUT2D eigenvalue weighted by Gasteiger charge is -2.31. The monoisotopic (exact) mass is 470 g/mol. The van der Waals surface area contributed by atoms with Gasteiger partial charge in [-0.2, -0.15) is 0 Å². The van der Waals surface area contributed by atoms with Gasteiger partial charge in [0.15, 0.2) is 0 Å². The van der Waals surface area contributed by atoms with Crippen LogP contribution in [0.5, 0.6) is 23.0 Å². The molecular formula is C31H34O4. The number of fused-ring (bicyclic) bond motifs is 4. The molecule has 0 fully saturated rings. The third kappa shape index (κ3) is 4.05. The molecule has 0 saturated carbocycles. The molecule has 4 aromatic rings. The minimum atomic E-state index is 0.0104. The third-order valence-corrected chi connectivity index (χ3v) is 6.45. The number of phenols is 1. The smallest absolute Gasteiger partial charge is 0.131 e. The van der Waals surface area contributed by atoms with Crippen LogP contribution in [0.1, 0.15) is 63.8 Å². The Bertz CT molecular complexity index is 1420. The first kappa shape index (κ1) is 23.3. The second-order valence-electron chi connectivity index (χ2n) is 10.2. The summed E-state index contributed by atoms with van der Waals surface area (Å²) in [6.45, 7) is 12.3. The van der Waals surface area contributed by atoms with Gasteiger partial charge in [0.1, 0.15) is 23.0 Å². The lowest BCUT2D eigenvalue weighted by atomic mass is 9.80. The number of rotatable bonds is 6. The van der Waals surface area contributed by atoms with Crippen molar-refractivity contribution in [1.82, 2.24) is 0 Å². The summed E-state index contributed by atoms with van der Waals surface area (Å²) in [5, 5.41) is 15.3. The van der Waals surface area contributed by atoms with Gasteiger partial charge < -0.3 is 19.3 Å². The molecule has 0 heterocycles. The Balaban J connectivity index is 1.85. The van der Waals surface area contributed by atoms with Crippen LogP contribution in [-0.4, -0.2) is 23.4 Å². The van der Waals surface area contributed by atoms with Crippen LogP contribution in [0.3, 0.4) is 0 Å². The van der Waals surface area contributed by atoms with Crippen molar-refractivity contribution in [2.24, 2.45) is 0 Å². The molecule has 4 nitrogen and oxygen atoms in total. The van der Waals surface area contributed by atoms with Crippen molar-refractivity contribution in [3.63, 3.8) is 0 Å². The van der Waals surface area contributed by atoms with E-state index in [1.165, 1.54) is 0 Å². The molecule has 1 N–H and O–H groups in total. The average molecular weight is 471 g/mol. The highest BCUT2D eigenvalue weighted by Crippen LogP contribution is 2.51. The van der Waals surface area contributed by atoms with Gasteiger partial charge in [0.2, 0.25) is 0 Å². The molecule has 182 valence electrons. The highest BCUT2D eigenvalue weighted by atomic mass is 16.5. The summed E-state index contributed by atoms with van der Waals surface area (Å²) in [5.74, 6) is 2.96. The van der Waals surface area contributed by atoms with Crippen LogP contribution < -0.4 is 14.2 Å². The van der Waals surface area contributed by atoms with Crippen molar-refractivity contribution in [3.8, 4) is 23.0 Å². The fraction of sp³-hybridized carbons (Fsp3) is 0.355. The standard InChI is InChI=1S/C31H34O4/c1-17(2)33-29-21-12-8-7-11-20(21)28(32)24-15-26-27(16-25(24)29)31(35-19(5)6)23-14-10-9-13-22(23)30(26)34-18(3)4/h7-14,17-19,32H,15-16H2,1-6H3. The van der Waals surface area contributed by atoms with Gasteiger partial charge in [-0.15, -0.1) is 0 Å². The first-order valence-electron chi connectivity index (χ1n) is 12.6. The van der Waals surface area contributed by atoms with E-state index >= 15 is 0 Å². The summed E-state index contributed by atoms with van der Waals surface area (Å²) in [7, 11) is 0. The van der Waals surface area contributed by atoms with Gasteiger partial charge in [0.05, 0.1) is 18.3 Å². The van der Waals surface area contributed by atoms with Crippen LogP contribution in [0.25, 0.3) is 21.5 Å². The Morgan fingerprint density at radius 2 is 0.829 bits per heavy atom. The maximum Gasteiger partial charge on any atom is 0.131 e. The normalized spacial score (nSPS) is 12.9. The number of phenolic OH excluding ortho intramolecular Hbond substituents is 1. The zero-order valence-electron chi connectivity index (χ0n) is 21.4. The molecule has 0 atom stereocenters. The second kappa shape index (κ2) is 8.99. The summed E-state index contributed by atoms with van der Waals surface area (Å²) in [5.41, 5.74) is 4.14. The quantitative estimate of drug-likeness (QED) is 0.278. The first-order valence-corrected chi connectivity index (χ1v) is 12.6. The van der Waals surface area contributed by atoms with Gasteiger partial charge in [-0.25, -0.2) is 0 Å². The van der Waals surface area contributed by atoms with Crippen LogP contribution in [0.4, 0.5) is 0 Å². The van der Waals surface area contributed by atoms with E-state index in [4.69, 9.17) is 14.2 Å². The highest BCUT2D eigenvalue weighted by Gasteiger charge is 2.32. The van der Waals surface area contributed by atoms with Crippen LogP contribution in [-0.2, 0) is 12.8 Å². The largest absolute Gasteiger partial charge is 0.507 e. The Labute approximate surface area is 207 Å². The summed E-state index contributed by atoms with van der Waals surface area (Å²) in [6.07, 6.45) is 1.21. The van der Waals surface area contributed by atoms with Gasteiger partial charge >= 0.3 is 0 Å². The summed E-state index contributed by atoms with van der Waals surface area (Å²) in [4.78, 5) is 0. The fourth-order valence-electron chi connectivity index (χ4n) is 5.19. The molecule has 1 aliphatic rings. The minimum Gasteiger partial charge on any atom is -0.507 e. The molecule has 0 aliphatic heterocycles. The molecule has 35 heavy (non-hydrogen) atoms. The molecule has 0 spiro atoms. The maximum absolute atomic E-state index is 11.5. The predicted octanol–water partition coefficient (Wildman–Crippen LogP) is 7.56. The second-order valence-corrected chi connectivity index (χ2v) is 10.2. The van der Waals surface area contributed by atoms with E-state index in [1.807, 2.05) is 50.2 Å². The van der Waals surface area contributed by atoms with E-state index in [0.29, 0.717) is 18.6 Å². The van der Waals surface area contributed by atoms with Crippen molar-refractivity contribution in [2.45, 2.75) is 72.7 Å². The Morgan fingerprint density at radius 3 is 1.23 bits per heavy atom. The lowest BCUT2D eigenvalue weighted by molar-refractivity contribution is 0.234. The van der Waals surface area contributed by atoms with Gasteiger partial charge in [-0.05, 0) is 41.5 Å². The first-order chi connectivity index (χ1) is 16.8. The van der Waals surface area contributed by atoms with Crippen LogP contribution in [0.15, 0.2) is 48.5 Å². The van der Waals surface area contributed by atoms with Crippen molar-refractivity contribution in [2.75, 3.05) is 0 Å². The molecule has 0 amide bonds. The fourth-order valence-corrected chi connectivity index (χ4v) is 5.19. The van der Waals surface area contributed by atoms with E-state index < -0.39 is 0 Å². The van der Waals surface area contributed by atoms with Crippen molar-refractivity contribution >= 4 is 21.5 Å². The minimum absolute atomic E-state index is 0.0104. The molecule has 4 aromatic carbocycles. The maximum atomic E-state index is 11.5. The van der Waals surface area contributed by atoms with Crippen LogP contribution in [0, 0.1) is 0 Å². The number of benzene rings is 4. The Kier molecular flexibility index (Phi) is 6.00. The van der Waals surface area contributed by atoms with E-state index in [0.717, 1.165) is 61.0 Å². The number of hydrogen-bond acceptors (Lipinski definition) is 4. The highest BCUT2D eigenvalue weighted by molar-refractivity contribution is 5.99. The van der Waals surface area contributed by atoms with Crippen molar-refractivity contribution < 1.29 is 19.3 Å². The van der Waals surface area contributed by atoms with Gasteiger partial charge in [0, 0.05) is 56.6 Å². The zero-order chi connectivity index (χ0) is 24.9. The third-order valence-electron chi connectivity index (χ3n) is 6.45. The molecule has 0 bridgehead atoms. The number of ether oxygens (including phenoxy) is 3. The molecule has 1 aliphatic carbocycles. The summed E-state index contributed by atoms with van der Waals surface area (Å²) < 4.78 is 19.4. The Morgan fingerprint density at radius 1 is 0.514 bits per heavy atom. The van der Waals surface area contributed by atoms with Crippen LogP contribution in [0.2, 0.25) is 0 Å². The van der Waals surface area contributed by atoms with Crippen LogP contribution >= 0.6 is 0 Å². The van der Waals surface area contributed by atoms with E-state index in [1.54, 1.807) is 0 Å². The SMILES string of the molecule is CC(C)Oc1c2c(c(O)c3ccccc13)Cc1c(c(OC(C)C)c3ccccc3c1OC(C)C)C2. The molecule has 0 radical (unpaired) electrons. The van der Waals surface area contributed by atoms with Gasteiger partial charge in [0.25, 0.3) is 0 Å². The summed E-state index contributed by atoms with van der Waals surface area (Å²) in [6, 6.07) is 16.2. The number of aromatic hydroxyl groups is 1. The van der Waals surface area contributed by atoms with E-state index in [-0.39, 0.29) is 18.3 Å². The van der Waals surface area contributed by atoms with E-state index in [2.05, 4.69) is 39.8 Å². The zero-order valence-corrected chi connectivity index (χ0v) is 21.4. The Hall–Kier alpha value is -3.40. The van der Waals surface area contributed by atoms with Gasteiger partial charge in [-0.3, -0.25) is 0 Å². The molecule has 5 rings (SSSR count). The van der Waals surface area contributed by atoms with Crippen molar-refractivity contribution in [3.05, 3.63) is 70.8 Å². The topological polar surface area (TPSA) is 47.9 Å². The lowest BCUT2D eigenvalue weighted by Crippen LogP contribution is -2.18. The molecular weight excluding hydrogens is 436 g/mol.